The first-order valence-electron chi connectivity index (χ1n) is 11.2. The number of carbonyl (C=O) groups excluding carboxylic acids is 2. The zero-order valence-electron chi connectivity index (χ0n) is 19.8. The number of rotatable bonds is 7. The van der Waals surface area contributed by atoms with Crippen LogP contribution in [0.2, 0.25) is 0 Å². The van der Waals surface area contributed by atoms with Crippen LogP contribution >= 0.6 is 0 Å². The van der Waals surface area contributed by atoms with Gasteiger partial charge in [0.25, 0.3) is 0 Å². The van der Waals surface area contributed by atoms with E-state index in [1.54, 1.807) is 17.9 Å². The van der Waals surface area contributed by atoms with E-state index >= 15 is 0 Å². The first kappa shape index (κ1) is 23.8. The molecule has 11 heteroatoms. The molecular formula is C24H26N8O3. The summed E-state index contributed by atoms with van der Waals surface area (Å²) in [6.07, 6.45) is 5.44. The van der Waals surface area contributed by atoms with Crippen molar-refractivity contribution in [1.82, 2.24) is 19.7 Å². The Kier molecular flexibility index (Phi) is 7.03. The van der Waals surface area contributed by atoms with E-state index in [-0.39, 0.29) is 5.69 Å². The molecular weight excluding hydrogens is 448 g/mol. The predicted molar refractivity (Wildman–Crippen MR) is 131 cm³/mol. The van der Waals surface area contributed by atoms with Crippen LogP contribution < -0.4 is 15.5 Å². The number of urea groups is 1. The number of nitriles is 1. The molecule has 2 N–H and O–H groups in total. The minimum absolute atomic E-state index is 0.251. The van der Waals surface area contributed by atoms with Crippen molar-refractivity contribution in [1.29, 1.82) is 5.26 Å². The summed E-state index contributed by atoms with van der Waals surface area (Å²) in [4.78, 5) is 35.4. The highest BCUT2D eigenvalue weighted by atomic mass is 16.5. The summed E-state index contributed by atoms with van der Waals surface area (Å²) in [6, 6.07) is 5.19. The lowest BCUT2D eigenvalue weighted by Gasteiger charge is -2.29. The summed E-state index contributed by atoms with van der Waals surface area (Å²) in [5, 5.41) is 19.6. The molecule has 0 fully saturated rings. The number of anilines is 3. The van der Waals surface area contributed by atoms with Crippen LogP contribution in [0.15, 0.2) is 24.5 Å². The Morgan fingerprint density at radius 3 is 2.86 bits per heavy atom. The Bertz CT molecular complexity index is 1310. The number of aryl methyl sites for hydroxylation is 3. The van der Waals surface area contributed by atoms with Gasteiger partial charge in [-0.15, -0.1) is 0 Å². The molecule has 2 amide bonds. The molecule has 35 heavy (non-hydrogen) atoms. The minimum Gasteiger partial charge on any atom is -0.383 e. The standard InChI is InChI=1S/C24H26N8O3/c1-15-19(13-31(2)30-15)18-9-16-5-4-7-32(23(16)28-21(18)14-33)24(34)29-22-10-20(26-6-8-35-3)17(11-25)12-27-22/h9-10,12-14H,4-8H2,1-3H3,(H2,26,27,29,34). The minimum atomic E-state index is -0.416. The molecule has 0 unspecified atom stereocenters. The molecule has 0 atom stereocenters. The number of nitrogens with one attached hydrogen (secondary N) is 2. The van der Waals surface area contributed by atoms with Crippen LogP contribution in [0.4, 0.5) is 22.1 Å². The number of ether oxygens (including phenoxy) is 1. The smallest absolute Gasteiger partial charge is 0.328 e. The van der Waals surface area contributed by atoms with E-state index in [0.29, 0.717) is 54.4 Å². The fraction of sp³-hybridized carbons (Fsp3) is 0.333. The topological polar surface area (TPSA) is 138 Å². The first-order valence-corrected chi connectivity index (χ1v) is 11.2. The van der Waals surface area contributed by atoms with Gasteiger partial charge in [0.15, 0.2) is 6.29 Å². The zero-order valence-corrected chi connectivity index (χ0v) is 19.8. The van der Waals surface area contributed by atoms with Crippen molar-refractivity contribution < 1.29 is 14.3 Å². The largest absolute Gasteiger partial charge is 0.383 e. The Morgan fingerprint density at radius 1 is 1.34 bits per heavy atom. The number of carbonyl (C=O) groups is 2. The molecule has 0 bridgehead atoms. The molecule has 0 radical (unpaired) electrons. The molecule has 0 saturated carbocycles. The molecule has 1 aliphatic heterocycles. The molecule has 0 aromatic carbocycles. The van der Waals surface area contributed by atoms with Gasteiger partial charge in [-0.05, 0) is 31.4 Å². The van der Waals surface area contributed by atoms with Crippen LogP contribution in [-0.2, 0) is 18.2 Å². The van der Waals surface area contributed by atoms with Crippen LogP contribution in [-0.4, -0.2) is 58.9 Å². The van der Waals surface area contributed by atoms with Gasteiger partial charge in [0.05, 0.1) is 23.6 Å². The number of hydrogen-bond acceptors (Lipinski definition) is 8. The Morgan fingerprint density at radius 2 is 2.17 bits per heavy atom. The average Bonchev–Trinajstić information content (AvgIpc) is 3.20. The quantitative estimate of drug-likeness (QED) is 0.394. The van der Waals surface area contributed by atoms with Gasteiger partial charge >= 0.3 is 6.03 Å². The SMILES string of the molecule is COCCNc1cc(NC(=O)N2CCCc3cc(-c4cn(C)nc4C)c(C=O)nc32)ncc1C#N. The van der Waals surface area contributed by atoms with Gasteiger partial charge in [-0.1, -0.05) is 0 Å². The van der Waals surface area contributed by atoms with Crippen LogP contribution in [0.1, 0.15) is 33.7 Å². The van der Waals surface area contributed by atoms with Crippen molar-refractivity contribution in [2.75, 3.05) is 42.3 Å². The predicted octanol–water partition coefficient (Wildman–Crippen LogP) is 2.91. The normalized spacial score (nSPS) is 12.6. The van der Waals surface area contributed by atoms with E-state index in [4.69, 9.17) is 4.74 Å². The molecule has 11 nitrogen and oxygen atoms in total. The molecule has 0 aliphatic carbocycles. The molecule has 0 saturated heterocycles. The highest BCUT2D eigenvalue weighted by Crippen LogP contribution is 2.33. The van der Waals surface area contributed by atoms with Crippen LogP contribution in [0.5, 0.6) is 0 Å². The Hall–Kier alpha value is -4.30. The summed E-state index contributed by atoms with van der Waals surface area (Å²) < 4.78 is 6.73. The third kappa shape index (κ3) is 4.97. The number of aromatic nitrogens is 4. The van der Waals surface area contributed by atoms with Gasteiger partial charge in [-0.2, -0.15) is 10.4 Å². The van der Waals surface area contributed by atoms with Crippen molar-refractivity contribution in [3.05, 3.63) is 47.0 Å². The first-order chi connectivity index (χ1) is 16.9. The van der Waals surface area contributed by atoms with Gasteiger partial charge in [0.1, 0.15) is 23.4 Å². The fourth-order valence-electron chi connectivity index (χ4n) is 4.10. The number of fused-ring (bicyclic) bond motifs is 1. The van der Waals surface area contributed by atoms with Crippen LogP contribution in [0, 0.1) is 18.3 Å². The molecule has 4 rings (SSSR count). The lowest BCUT2D eigenvalue weighted by molar-refractivity contribution is 0.111. The van der Waals surface area contributed by atoms with Crippen molar-refractivity contribution in [3.63, 3.8) is 0 Å². The third-order valence-electron chi connectivity index (χ3n) is 5.73. The van der Waals surface area contributed by atoms with Crippen molar-refractivity contribution in [2.45, 2.75) is 19.8 Å². The molecule has 3 aromatic rings. The number of aldehydes is 1. The number of pyridine rings is 2. The highest BCUT2D eigenvalue weighted by molar-refractivity contribution is 6.02. The van der Waals surface area contributed by atoms with Gasteiger partial charge in [-0.3, -0.25) is 19.7 Å². The lowest BCUT2D eigenvalue weighted by Crippen LogP contribution is -2.39. The number of hydrogen-bond donors (Lipinski definition) is 2. The Balaban J connectivity index is 1.61. The second-order valence-electron chi connectivity index (χ2n) is 8.16. The summed E-state index contributed by atoms with van der Waals surface area (Å²) in [7, 11) is 3.41. The van der Waals surface area contributed by atoms with E-state index in [9.17, 15) is 14.9 Å². The number of methoxy groups -OCH3 is 1. The number of nitrogens with zero attached hydrogens (tertiary/aromatic N) is 6. The van der Waals surface area contributed by atoms with E-state index in [1.807, 2.05) is 26.2 Å². The maximum Gasteiger partial charge on any atom is 0.328 e. The molecule has 0 spiro atoms. The third-order valence-corrected chi connectivity index (χ3v) is 5.73. The van der Waals surface area contributed by atoms with Crippen LogP contribution in [0.25, 0.3) is 11.1 Å². The highest BCUT2D eigenvalue weighted by Gasteiger charge is 2.27. The lowest BCUT2D eigenvalue weighted by atomic mass is 9.98. The van der Waals surface area contributed by atoms with Gasteiger partial charge in [0, 0.05) is 56.8 Å². The van der Waals surface area contributed by atoms with E-state index < -0.39 is 6.03 Å². The summed E-state index contributed by atoms with van der Waals surface area (Å²) in [5.41, 5.74) is 4.37. The maximum absolute atomic E-state index is 13.2. The monoisotopic (exact) mass is 474 g/mol. The average molecular weight is 475 g/mol. The Labute approximate surface area is 202 Å². The van der Waals surface area contributed by atoms with Crippen molar-refractivity contribution in [2.24, 2.45) is 7.05 Å². The van der Waals surface area contributed by atoms with Crippen LogP contribution in [0.3, 0.4) is 0 Å². The van der Waals surface area contributed by atoms with E-state index in [1.165, 1.54) is 11.1 Å². The van der Waals surface area contributed by atoms with Gasteiger partial charge in [-0.25, -0.2) is 14.8 Å². The van der Waals surface area contributed by atoms with Gasteiger partial charge in [0.2, 0.25) is 0 Å². The van der Waals surface area contributed by atoms with Crippen molar-refractivity contribution in [3.8, 4) is 17.2 Å². The molecule has 1 aliphatic rings. The van der Waals surface area contributed by atoms with E-state index in [0.717, 1.165) is 29.7 Å². The second kappa shape index (κ2) is 10.3. The molecule has 3 aromatic heterocycles. The maximum atomic E-state index is 13.2. The van der Waals surface area contributed by atoms with E-state index in [2.05, 4.69) is 31.8 Å². The molecule has 180 valence electrons. The summed E-state index contributed by atoms with van der Waals surface area (Å²) in [5.74, 6) is 0.743. The summed E-state index contributed by atoms with van der Waals surface area (Å²) >= 11 is 0. The van der Waals surface area contributed by atoms with Gasteiger partial charge < -0.3 is 10.1 Å². The second-order valence-corrected chi connectivity index (χ2v) is 8.16. The van der Waals surface area contributed by atoms with Crippen molar-refractivity contribution >= 4 is 29.6 Å². The zero-order chi connectivity index (χ0) is 24.9. The summed E-state index contributed by atoms with van der Waals surface area (Å²) in [6.45, 7) is 3.29. The number of amides is 2. The molecule has 4 heterocycles. The fourth-order valence-corrected chi connectivity index (χ4v) is 4.10.